The molecule has 0 fully saturated rings. The van der Waals surface area contributed by atoms with Crippen molar-refractivity contribution < 1.29 is 10.0 Å². The molecule has 0 atom stereocenters. The lowest BCUT2D eigenvalue weighted by molar-refractivity contribution is -0.111. The second-order valence-corrected chi connectivity index (χ2v) is 5.37. The van der Waals surface area contributed by atoms with Crippen molar-refractivity contribution in [2.75, 3.05) is 0 Å². The van der Waals surface area contributed by atoms with Gasteiger partial charge in [-0.05, 0) is 42.9 Å². The van der Waals surface area contributed by atoms with E-state index in [2.05, 4.69) is 4.99 Å². The van der Waals surface area contributed by atoms with Crippen molar-refractivity contribution in [3.05, 3.63) is 76.0 Å². The fourth-order valence-electron chi connectivity index (χ4n) is 2.25. The van der Waals surface area contributed by atoms with E-state index in [0.29, 0.717) is 27.6 Å². The maximum atomic E-state index is 11.5. The molecular weight excluding hydrogens is 300 g/mol. The Labute approximate surface area is 133 Å². The number of benzene rings is 1. The number of carbonyl (C=O) groups is 1. The van der Waals surface area contributed by atoms with Crippen molar-refractivity contribution in [2.45, 2.75) is 6.92 Å². The molecule has 0 radical (unpaired) electrons. The largest absolute Gasteiger partial charge is 0.290 e. The molecule has 5 heteroatoms. The van der Waals surface area contributed by atoms with Gasteiger partial charge in [0.25, 0.3) is 0 Å². The number of carbonyl (C=O) groups excluding carboxylic acids is 1. The van der Waals surface area contributed by atoms with Crippen molar-refractivity contribution in [2.24, 2.45) is 4.99 Å². The van der Waals surface area contributed by atoms with Crippen LogP contribution in [0.3, 0.4) is 0 Å². The van der Waals surface area contributed by atoms with Crippen LogP contribution in [0.1, 0.15) is 12.5 Å². The van der Waals surface area contributed by atoms with E-state index in [1.807, 2.05) is 18.2 Å². The summed E-state index contributed by atoms with van der Waals surface area (Å²) in [7, 11) is 0. The van der Waals surface area contributed by atoms with Gasteiger partial charge in [0, 0.05) is 16.2 Å². The number of ketones is 1. The molecule has 0 aromatic heterocycles. The van der Waals surface area contributed by atoms with Crippen LogP contribution in [0, 0.1) is 0 Å². The van der Waals surface area contributed by atoms with Gasteiger partial charge in [-0.1, -0.05) is 29.8 Å². The lowest BCUT2D eigenvalue weighted by Crippen LogP contribution is -2.19. The molecule has 0 unspecified atom stereocenters. The van der Waals surface area contributed by atoms with Gasteiger partial charge in [0.1, 0.15) is 6.34 Å². The summed E-state index contributed by atoms with van der Waals surface area (Å²) in [5.74, 6) is -0.0109. The van der Waals surface area contributed by atoms with Crippen LogP contribution in [-0.4, -0.2) is 22.4 Å². The van der Waals surface area contributed by atoms with Crippen LogP contribution in [0.15, 0.2) is 70.4 Å². The lowest BCUT2D eigenvalue weighted by Gasteiger charge is -2.21. The fraction of sp³-hybridized carbons (Fsp3) is 0.0588. The average molecular weight is 313 g/mol. The maximum Gasteiger partial charge on any atom is 0.181 e. The molecule has 1 aliphatic heterocycles. The van der Waals surface area contributed by atoms with Gasteiger partial charge in [0.15, 0.2) is 5.78 Å². The molecule has 1 aliphatic carbocycles. The smallest absolute Gasteiger partial charge is 0.181 e. The number of rotatable bonds is 1. The number of hydroxylamine groups is 2. The van der Waals surface area contributed by atoms with Crippen LogP contribution < -0.4 is 0 Å². The summed E-state index contributed by atoms with van der Waals surface area (Å²) < 4.78 is 0. The summed E-state index contributed by atoms with van der Waals surface area (Å²) in [5.41, 5.74) is 3.35. The van der Waals surface area contributed by atoms with E-state index in [0.717, 1.165) is 10.6 Å². The molecule has 3 rings (SSSR count). The molecule has 0 bridgehead atoms. The topological polar surface area (TPSA) is 52.9 Å². The third kappa shape index (κ3) is 2.66. The van der Waals surface area contributed by atoms with Crippen LogP contribution in [0.2, 0.25) is 5.02 Å². The van der Waals surface area contributed by atoms with Crippen LogP contribution in [0.4, 0.5) is 0 Å². The normalized spacial score (nSPS) is 21.0. The van der Waals surface area contributed by atoms with E-state index in [1.54, 1.807) is 31.2 Å². The number of hydrogen-bond donors (Lipinski definition) is 1. The highest BCUT2D eigenvalue weighted by Crippen LogP contribution is 2.30. The summed E-state index contributed by atoms with van der Waals surface area (Å²) in [6, 6.07) is 7.25. The summed E-state index contributed by atoms with van der Waals surface area (Å²) in [4.78, 5) is 15.7. The highest BCUT2D eigenvalue weighted by molar-refractivity contribution is 6.32. The summed E-state index contributed by atoms with van der Waals surface area (Å²) in [6.45, 7) is 1.76. The molecule has 0 saturated carbocycles. The predicted molar refractivity (Wildman–Crippen MR) is 86.5 cm³/mol. The van der Waals surface area contributed by atoms with Crippen molar-refractivity contribution in [1.29, 1.82) is 0 Å². The van der Waals surface area contributed by atoms with Crippen molar-refractivity contribution in [3.63, 3.8) is 0 Å². The van der Waals surface area contributed by atoms with Gasteiger partial charge in [0.2, 0.25) is 0 Å². The molecule has 0 spiro atoms. The van der Waals surface area contributed by atoms with Crippen LogP contribution >= 0.6 is 11.6 Å². The summed E-state index contributed by atoms with van der Waals surface area (Å²) in [5, 5.41) is 11.5. The van der Waals surface area contributed by atoms with E-state index >= 15 is 0 Å². The van der Waals surface area contributed by atoms with Crippen molar-refractivity contribution in [1.82, 2.24) is 5.06 Å². The van der Waals surface area contributed by atoms with Crippen LogP contribution in [0.5, 0.6) is 0 Å². The molecule has 0 amide bonds. The quantitative estimate of drug-likeness (QED) is 0.859. The predicted octanol–water partition coefficient (Wildman–Crippen LogP) is 3.75. The SMILES string of the molecule is CC1=CC(=C2C=C(c3ccccc3Cl)N(O)C=N2)C=CC1=O. The first-order valence-corrected chi connectivity index (χ1v) is 7.08. The zero-order chi connectivity index (χ0) is 15.7. The Balaban J connectivity index is 2.09. The van der Waals surface area contributed by atoms with Crippen molar-refractivity contribution in [3.8, 4) is 0 Å². The Morgan fingerprint density at radius 2 is 1.95 bits per heavy atom. The molecule has 0 saturated heterocycles. The summed E-state index contributed by atoms with van der Waals surface area (Å²) >= 11 is 6.19. The Morgan fingerprint density at radius 3 is 2.68 bits per heavy atom. The Kier molecular flexibility index (Phi) is 3.79. The molecule has 1 aromatic rings. The Morgan fingerprint density at radius 1 is 1.18 bits per heavy atom. The number of nitrogens with zero attached hydrogens (tertiary/aromatic N) is 2. The third-order valence-corrected chi connectivity index (χ3v) is 3.78. The van der Waals surface area contributed by atoms with E-state index in [9.17, 15) is 10.0 Å². The minimum atomic E-state index is -0.0109. The Hall–Kier alpha value is -2.43. The standard InChI is InChI=1S/C17H13ClN2O2/c1-11-8-12(6-7-17(11)21)15-9-16(20(22)10-19-15)13-4-2-3-5-14(13)18/h2-10,22H,1H3. The first-order chi connectivity index (χ1) is 10.6. The lowest BCUT2D eigenvalue weighted by atomic mass is 9.99. The Bertz CT molecular complexity index is 801. The molecule has 22 heavy (non-hydrogen) atoms. The number of hydrogen-bond acceptors (Lipinski definition) is 4. The first kappa shape index (κ1) is 14.5. The maximum absolute atomic E-state index is 11.5. The second-order valence-electron chi connectivity index (χ2n) is 4.96. The number of allylic oxidation sites excluding steroid dienone is 6. The molecule has 110 valence electrons. The van der Waals surface area contributed by atoms with Gasteiger partial charge < -0.3 is 0 Å². The van der Waals surface area contributed by atoms with Gasteiger partial charge >= 0.3 is 0 Å². The number of aliphatic imine (C=N–C) groups is 1. The monoisotopic (exact) mass is 312 g/mol. The molecule has 2 aliphatic rings. The molecule has 1 N–H and O–H groups in total. The fourth-order valence-corrected chi connectivity index (χ4v) is 2.48. The summed E-state index contributed by atoms with van der Waals surface area (Å²) in [6.07, 6.45) is 8.06. The average Bonchev–Trinajstić information content (AvgIpc) is 2.51. The van der Waals surface area contributed by atoms with Gasteiger partial charge in [-0.3, -0.25) is 10.0 Å². The minimum Gasteiger partial charge on any atom is -0.290 e. The molecule has 1 aromatic carbocycles. The minimum absolute atomic E-state index is 0.0109. The van der Waals surface area contributed by atoms with E-state index in [-0.39, 0.29) is 5.78 Å². The highest BCUT2D eigenvalue weighted by atomic mass is 35.5. The molecule has 4 nitrogen and oxygen atoms in total. The zero-order valence-electron chi connectivity index (χ0n) is 11.8. The van der Waals surface area contributed by atoms with Crippen LogP contribution in [-0.2, 0) is 4.79 Å². The van der Waals surface area contributed by atoms with Gasteiger partial charge in [-0.25, -0.2) is 10.1 Å². The highest BCUT2D eigenvalue weighted by Gasteiger charge is 2.17. The number of halogens is 1. The van der Waals surface area contributed by atoms with Gasteiger partial charge in [-0.2, -0.15) is 0 Å². The molecule has 1 heterocycles. The first-order valence-electron chi connectivity index (χ1n) is 6.70. The van der Waals surface area contributed by atoms with Gasteiger partial charge in [-0.15, -0.1) is 0 Å². The zero-order valence-corrected chi connectivity index (χ0v) is 12.6. The van der Waals surface area contributed by atoms with Gasteiger partial charge in [0.05, 0.1) is 11.4 Å². The van der Waals surface area contributed by atoms with Crippen LogP contribution in [0.25, 0.3) is 5.70 Å². The third-order valence-electron chi connectivity index (χ3n) is 3.45. The van der Waals surface area contributed by atoms with E-state index < -0.39 is 0 Å². The van der Waals surface area contributed by atoms with E-state index in [1.165, 1.54) is 12.4 Å². The van der Waals surface area contributed by atoms with Crippen molar-refractivity contribution >= 4 is 29.4 Å². The van der Waals surface area contributed by atoms with E-state index in [4.69, 9.17) is 11.6 Å². The second kappa shape index (κ2) is 5.75. The molecular formula is C17H13ClN2O2.